The molecule has 0 aromatic rings. The first-order valence-corrected chi connectivity index (χ1v) is 6.27. The summed E-state index contributed by atoms with van der Waals surface area (Å²) in [5.74, 6) is 0. The van der Waals surface area contributed by atoms with E-state index >= 15 is 0 Å². The van der Waals surface area contributed by atoms with Crippen LogP contribution in [0.25, 0.3) is 5.73 Å². The zero-order chi connectivity index (χ0) is 11.1. The van der Waals surface area contributed by atoms with E-state index in [0.717, 1.165) is 19.3 Å². The normalized spacial score (nSPS) is 8.80. The van der Waals surface area contributed by atoms with Crippen molar-refractivity contribution in [1.29, 1.82) is 0 Å². The van der Waals surface area contributed by atoms with Gasteiger partial charge in [-0.15, -0.1) is 0 Å². The Morgan fingerprint density at radius 3 is 1.60 bits per heavy atom. The van der Waals surface area contributed by atoms with Crippen molar-refractivity contribution in [3.8, 4) is 0 Å². The Kier molecular flexibility index (Phi) is 34.5. The second kappa shape index (κ2) is 24.3. The minimum atomic E-state index is 0. The van der Waals surface area contributed by atoms with Crippen LogP contribution in [0, 0.1) is 38.0 Å². The summed E-state index contributed by atoms with van der Waals surface area (Å²) in [5, 5.41) is 0. The summed E-state index contributed by atoms with van der Waals surface area (Å²) in [6.45, 7) is 8.74. The molecule has 90 valence electrons. The Hall–Kier alpha value is 1.01. The van der Waals surface area contributed by atoms with E-state index < -0.39 is 0 Å². The summed E-state index contributed by atoms with van der Waals surface area (Å²) in [5.41, 5.74) is 6.60. The van der Waals surface area contributed by atoms with Crippen molar-refractivity contribution < 1.29 is 31.1 Å². The molecule has 0 aliphatic carbocycles. The van der Waals surface area contributed by atoms with Crippen LogP contribution >= 0.6 is 0 Å². The molecule has 0 rings (SSSR count). The van der Waals surface area contributed by atoms with Crippen LogP contribution in [0.3, 0.4) is 0 Å². The molecule has 1 N–H and O–H groups in total. The first kappa shape index (κ1) is 21.3. The van der Waals surface area contributed by atoms with Crippen molar-refractivity contribution in [2.24, 2.45) is 0 Å². The molecule has 0 spiro atoms. The third kappa shape index (κ3) is 31.3. The largest absolute Gasteiger partial charge is 2.00 e. The molecule has 15 heavy (non-hydrogen) atoms. The summed E-state index contributed by atoms with van der Waals surface area (Å²) >= 11 is 0. The van der Waals surface area contributed by atoms with E-state index in [4.69, 9.17) is 5.73 Å². The van der Waals surface area contributed by atoms with Crippen molar-refractivity contribution in [1.82, 2.24) is 0 Å². The second-order valence-corrected chi connectivity index (χ2v) is 3.72. The monoisotopic (exact) mass is 437 g/mol. The van der Waals surface area contributed by atoms with Gasteiger partial charge in [0.05, 0.1) is 0 Å². The number of hydrogen-bond donors (Lipinski definition) is 0. The van der Waals surface area contributed by atoms with Crippen LogP contribution in [0.1, 0.15) is 71.6 Å². The van der Waals surface area contributed by atoms with Gasteiger partial charge in [0.15, 0.2) is 0 Å². The quantitative estimate of drug-likeness (QED) is 0.358. The molecule has 0 heterocycles. The maximum absolute atomic E-state index is 6.60. The average molecular weight is 437 g/mol. The smallest absolute Gasteiger partial charge is 0.677 e. The predicted molar refractivity (Wildman–Crippen MR) is 67.4 cm³/mol. The Labute approximate surface area is 121 Å². The number of unbranched alkanes of at least 4 members (excludes halogenated alkanes) is 7. The SMILES string of the molecule is CCCC[NH-].[CH2-]CCCCCCCC.[U+2]. The first-order valence-electron chi connectivity index (χ1n) is 6.27. The molecule has 0 fully saturated rings. The van der Waals surface area contributed by atoms with Gasteiger partial charge in [0.2, 0.25) is 0 Å². The van der Waals surface area contributed by atoms with Crippen LogP contribution in [-0.4, -0.2) is 6.54 Å². The van der Waals surface area contributed by atoms with Crippen LogP contribution in [-0.2, 0) is 0 Å². The van der Waals surface area contributed by atoms with E-state index in [1.807, 2.05) is 0 Å². The summed E-state index contributed by atoms with van der Waals surface area (Å²) in [7, 11) is 0. The maximum atomic E-state index is 6.60. The van der Waals surface area contributed by atoms with Gasteiger partial charge in [-0.2, -0.15) is 13.0 Å². The van der Waals surface area contributed by atoms with Crippen LogP contribution in [0.15, 0.2) is 0 Å². The Balaban J connectivity index is -0.000000208. The van der Waals surface area contributed by atoms with Crippen LogP contribution < -0.4 is 0 Å². The Morgan fingerprint density at radius 2 is 1.27 bits per heavy atom. The van der Waals surface area contributed by atoms with Crippen LogP contribution in [0.5, 0.6) is 0 Å². The van der Waals surface area contributed by atoms with E-state index in [1.54, 1.807) is 0 Å². The van der Waals surface area contributed by atoms with Gasteiger partial charge in [-0.25, -0.2) is 0 Å². The molecule has 0 aromatic heterocycles. The molecule has 0 radical (unpaired) electrons. The minimum Gasteiger partial charge on any atom is -0.677 e. The molecule has 1 nitrogen and oxygen atoms in total. The van der Waals surface area contributed by atoms with Crippen LogP contribution in [0.4, 0.5) is 0 Å². The molecule has 0 bridgehead atoms. The number of rotatable bonds is 8. The number of nitrogens with one attached hydrogen (secondary N) is 1. The van der Waals surface area contributed by atoms with Crippen LogP contribution in [0.2, 0.25) is 0 Å². The fourth-order valence-electron chi connectivity index (χ4n) is 1.13. The van der Waals surface area contributed by atoms with Crippen molar-refractivity contribution in [3.63, 3.8) is 0 Å². The van der Waals surface area contributed by atoms with Gasteiger partial charge in [-0.3, -0.25) is 0 Å². The third-order valence-corrected chi connectivity index (χ3v) is 2.13. The molecular weight excluding hydrogens is 408 g/mol. The molecule has 0 unspecified atom stereocenters. The zero-order valence-corrected chi connectivity index (χ0v) is 14.9. The zero-order valence-electron chi connectivity index (χ0n) is 10.8. The van der Waals surface area contributed by atoms with E-state index in [9.17, 15) is 0 Å². The molecule has 0 aromatic carbocycles. The maximum Gasteiger partial charge on any atom is 2.00 e. The summed E-state index contributed by atoms with van der Waals surface area (Å²) < 4.78 is 0. The average Bonchev–Trinajstić information content (AvgIpc) is 2.20. The predicted octanol–water partition coefficient (Wildman–Crippen LogP) is 5.41. The molecule has 2 heteroatoms. The van der Waals surface area contributed by atoms with Gasteiger partial charge >= 0.3 is 31.1 Å². The fourth-order valence-corrected chi connectivity index (χ4v) is 1.13. The Morgan fingerprint density at radius 1 is 0.800 bits per heavy atom. The molecule has 0 amide bonds. The topological polar surface area (TPSA) is 23.8 Å². The van der Waals surface area contributed by atoms with Crippen molar-refractivity contribution in [2.45, 2.75) is 71.6 Å². The standard InChI is InChI=1S/C9H19.C4H10N.U/c1-3-5-7-9-8-6-4-2;1-2-3-4-5;/h1,3-9H2,2H3;5H,2-4H2,1H3;/q2*-1;+2. The summed E-state index contributed by atoms with van der Waals surface area (Å²) in [6.07, 6.45) is 11.7. The van der Waals surface area contributed by atoms with Gasteiger partial charge in [0.25, 0.3) is 0 Å². The molecule has 0 saturated carbocycles. The summed E-state index contributed by atoms with van der Waals surface area (Å²) in [4.78, 5) is 0. The van der Waals surface area contributed by atoms with E-state index in [-0.39, 0.29) is 31.1 Å². The van der Waals surface area contributed by atoms with Gasteiger partial charge in [0, 0.05) is 0 Å². The molecule has 0 saturated heterocycles. The number of hydrogen-bond acceptors (Lipinski definition) is 0. The van der Waals surface area contributed by atoms with Gasteiger partial charge < -0.3 is 12.7 Å². The van der Waals surface area contributed by atoms with E-state index in [2.05, 4.69) is 20.8 Å². The van der Waals surface area contributed by atoms with Gasteiger partial charge in [0.1, 0.15) is 0 Å². The molecule has 0 atom stereocenters. The second-order valence-electron chi connectivity index (χ2n) is 3.72. The minimum absolute atomic E-state index is 0. The van der Waals surface area contributed by atoms with Gasteiger partial charge in [-0.1, -0.05) is 65.2 Å². The third-order valence-electron chi connectivity index (χ3n) is 2.13. The van der Waals surface area contributed by atoms with Crippen molar-refractivity contribution >= 4 is 0 Å². The summed E-state index contributed by atoms with van der Waals surface area (Å²) in [6, 6.07) is 0. The van der Waals surface area contributed by atoms with E-state index in [1.165, 1.54) is 38.5 Å². The van der Waals surface area contributed by atoms with Crippen molar-refractivity contribution in [2.75, 3.05) is 6.54 Å². The molecule has 0 aliphatic rings. The molecular formula is C13H29NU. The van der Waals surface area contributed by atoms with E-state index in [0.29, 0.717) is 6.54 Å². The first-order chi connectivity index (χ1) is 6.83. The Bertz CT molecular complexity index is 68.9. The fraction of sp³-hybridized carbons (Fsp3) is 0.923. The van der Waals surface area contributed by atoms with Crippen molar-refractivity contribution in [3.05, 3.63) is 12.7 Å². The van der Waals surface area contributed by atoms with Gasteiger partial charge in [-0.05, 0) is 0 Å². The molecule has 0 aliphatic heterocycles.